The summed E-state index contributed by atoms with van der Waals surface area (Å²) < 4.78 is 3.40. The van der Waals surface area contributed by atoms with E-state index >= 15 is 0 Å². The summed E-state index contributed by atoms with van der Waals surface area (Å²) in [6.07, 6.45) is 8.84. The van der Waals surface area contributed by atoms with Crippen LogP contribution in [-0.4, -0.2) is 40.9 Å². The van der Waals surface area contributed by atoms with Gasteiger partial charge in [-0.15, -0.1) is 0 Å². The molecule has 4 rings (SSSR count). The fraction of sp³-hybridized carbons (Fsp3) is 0.550. The SMILES string of the molecule is Ic1ccc(-n2nc(CCN3CCCCC3)c3c2NCCCC3)cc1. The number of hydrogen-bond donors (Lipinski definition) is 1. The van der Waals surface area contributed by atoms with E-state index in [9.17, 15) is 0 Å². The number of benzene rings is 1. The number of rotatable bonds is 4. The molecule has 25 heavy (non-hydrogen) atoms. The summed E-state index contributed by atoms with van der Waals surface area (Å²) in [5, 5.41) is 8.69. The lowest BCUT2D eigenvalue weighted by Crippen LogP contribution is -2.31. The van der Waals surface area contributed by atoms with Crippen molar-refractivity contribution in [3.05, 3.63) is 39.1 Å². The smallest absolute Gasteiger partial charge is 0.133 e. The summed E-state index contributed by atoms with van der Waals surface area (Å²) >= 11 is 2.36. The predicted molar refractivity (Wildman–Crippen MR) is 112 cm³/mol. The van der Waals surface area contributed by atoms with Gasteiger partial charge in [-0.1, -0.05) is 6.42 Å². The van der Waals surface area contributed by atoms with E-state index in [2.05, 4.69) is 61.8 Å². The third-order valence-corrected chi connectivity index (χ3v) is 6.12. The minimum Gasteiger partial charge on any atom is -0.370 e. The highest BCUT2D eigenvalue weighted by Crippen LogP contribution is 2.29. The molecule has 134 valence electrons. The van der Waals surface area contributed by atoms with Crippen molar-refractivity contribution in [3.63, 3.8) is 0 Å². The number of anilines is 1. The molecule has 3 heterocycles. The van der Waals surface area contributed by atoms with Crippen molar-refractivity contribution in [2.45, 2.75) is 44.9 Å². The standard InChI is InChI=1S/C20H27IN4/c21-16-7-9-17(10-8-16)25-20-18(6-2-3-12-22-20)19(23-25)11-15-24-13-4-1-5-14-24/h7-10,22H,1-6,11-15H2. The Bertz CT molecular complexity index is 701. The zero-order chi connectivity index (χ0) is 17.1. The fourth-order valence-corrected chi connectivity index (χ4v) is 4.35. The molecule has 1 aromatic carbocycles. The molecule has 1 N–H and O–H groups in total. The number of likely N-dealkylation sites (tertiary alicyclic amines) is 1. The molecule has 0 bridgehead atoms. The number of aromatic nitrogens is 2. The van der Waals surface area contributed by atoms with Gasteiger partial charge in [0.25, 0.3) is 0 Å². The molecule has 0 spiro atoms. The molecule has 1 aromatic heterocycles. The number of fused-ring (bicyclic) bond motifs is 1. The number of nitrogens with one attached hydrogen (secondary N) is 1. The van der Waals surface area contributed by atoms with Crippen LogP contribution in [0.2, 0.25) is 0 Å². The van der Waals surface area contributed by atoms with E-state index in [1.54, 1.807) is 0 Å². The highest BCUT2D eigenvalue weighted by atomic mass is 127. The molecule has 2 aliphatic rings. The quantitative estimate of drug-likeness (QED) is 0.708. The molecular weight excluding hydrogens is 423 g/mol. The molecule has 0 radical (unpaired) electrons. The van der Waals surface area contributed by atoms with Crippen LogP contribution in [0.25, 0.3) is 5.69 Å². The Hall–Kier alpha value is -1.08. The van der Waals surface area contributed by atoms with E-state index in [-0.39, 0.29) is 0 Å². The van der Waals surface area contributed by atoms with Gasteiger partial charge in [0.05, 0.1) is 11.4 Å². The monoisotopic (exact) mass is 450 g/mol. The van der Waals surface area contributed by atoms with E-state index < -0.39 is 0 Å². The van der Waals surface area contributed by atoms with Crippen molar-refractivity contribution in [1.29, 1.82) is 0 Å². The minimum atomic E-state index is 1.05. The minimum absolute atomic E-state index is 1.05. The average Bonchev–Trinajstić information content (AvgIpc) is 2.82. The van der Waals surface area contributed by atoms with E-state index in [0.717, 1.165) is 31.6 Å². The van der Waals surface area contributed by atoms with Crippen LogP contribution in [0.1, 0.15) is 43.4 Å². The first-order valence-corrected chi connectivity index (χ1v) is 10.7. The zero-order valence-corrected chi connectivity index (χ0v) is 17.0. The van der Waals surface area contributed by atoms with Gasteiger partial charge in [0.15, 0.2) is 0 Å². The summed E-state index contributed by atoms with van der Waals surface area (Å²) in [6.45, 7) is 4.72. The van der Waals surface area contributed by atoms with Crippen LogP contribution in [0, 0.1) is 3.57 Å². The van der Waals surface area contributed by atoms with Gasteiger partial charge >= 0.3 is 0 Å². The van der Waals surface area contributed by atoms with Crippen LogP contribution in [-0.2, 0) is 12.8 Å². The maximum Gasteiger partial charge on any atom is 0.133 e. The van der Waals surface area contributed by atoms with Gasteiger partial charge in [0, 0.05) is 28.6 Å². The summed E-state index contributed by atoms with van der Waals surface area (Å²) in [6, 6.07) is 8.67. The Morgan fingerprint density at radius 1 is 1.00 bits per heavy atom. The number of nitrogens with zero attached hydrogens (tertiary/aromatic N) is 3. The Kier molecular flexibility index (Phi) is 5.60. The maximum absolute atomic E-state index is 5.04. The molecule has 4 nitrogen and oxygen atoms in total. The van der Waals surface area contributed by atoms with Gasteiger partial charge in [-0.2, -0.15) is 5.10 Å². The molecular formula is C20H27IN4. The van der Waals surface area contributed by atoms with Crippen molar-refractivity contribution in [2.24, 2.45) is 0 Å². The van der Waals surface area contributed by atoms with Gasteiger partial charge < -0.3 is 10.2 Å². The molecule has 0 atom stereocenters. The number of hydrogen-bond acceptors (Lipinski definition) is 3. The van der Waals surface area contributed by atoms with E-state index in [0.29, 0.717) is 0 Å². The van der Waals surface area contributed by atoms with Crippen molar-refractivity contribution in [3.8, 4) is 5.69 Å². The van der Waals surface area contributed by atoms with Crippen molar-refractivity contribution in [1.82, 2.24) is 14.7 Å². The van der Waals surface area contributed by atoms with Crippen LogP contribution in [0.4, 0.5) is 5.82 Å². The second-order valence-corrected chi connectivity index (χ2v) is 8.44. The largest absolute Gasteiger partial charge is 0.370 e. The van der Waals surface area contributed by atoms with Crippen LogP contribution in [0.5, 0.6) is 0 Å². The van der Waals surface area contributed by atoms with Crippen molar-refractivity contribution < 1.29 is 0 Å². The van der Waals surface area contributed by atoms with E-state index in [1.165, 1.54) is 65.8 Å². The summed E-state index contributed by atoms with van der Waals surface area (Å²) in [7, 11) is 0. The fourth-order valence-electron chi connectivity index (χ4n) is 3.99. The second kappa shape index (κ2) is 8.08. The van der Waals surface area contributed by atoms with Crippen molar-refractivity contribution in [2.75, 3.05) is 31.5 Å². The van der Waals surface area contributed by atoms with Crippen molar-refractivity contribution >= 4 is 28.4 Å². The molecule has 0 aliphatic carbocycles. The Morgan fingerprint density at radius 3 is 2.60 bits per heavy atom. The van der Waals surface area contributed by atoms with Crippen LogP contribution < -0.4 is 5.32 Å². The highest BCUT2D eigenvalue weighted by molar-refractivity contribution is 14.1. The van der Waals surface area contributed by atoms with Crippen LogP contribution in [0.3, 0.4) is 0 Å². The summed E-state index contributed by atoms with van der Waals surface area (Å²) in [5.74, 6) is 1.23. The molecule has 0 amide bonds. The van der Waals surface area contributed by atoms with E-state index in [4.69, 9.17) is 5.10 Å². The zero-order valence-electron chi connectivity index (χ0n) is 14.8. The second-order valence-electron chi connectivity index (χ2n) is 7.20. The summed E-state index contributed by atoms with van der Waals surface area (Å²) in [5.41, 5.74) is 3.91. The van der Waals surface area contributed by atoms with Crippen LogP contribution >= 0.6 is 22.6 Å². The number of piperidine rings is 1. The molecule has 0 saturated carbocycles. The molecule has 2 aromatic rings. The number of halogens is 1. The molecule has 2 aliphatic heterocycles. The van der Waals surface area contributed by atoms with E-state index in [1.807, 2.05) is 0 Å². The Morgan fingerprint density at radius 2 is 1.80 bits per heavy atom. The lowest BCUT2D eigenvalue weighted by Gasteiger charge is -2.26. The first-order chi connectivity index (χ1) is 12.3. The highest BCUT2D eigenvalue weighted by Gasteiger charge is 2.21. The third kappa shape index (κ3) is 4.03. The van der Waals surface area contributed by atoms with Gasteiger partial charge in [-0.3, -0.25) is 0 Å². The molecule has 5 heteroatoms. The predicted octanol–water partition coefficient (Wildman–Crippen LogP) is 4.25. The third-order valence-electron chi connectivity index (χ3n) is 5.40. The first-order valence-electron chi connectivity index (χ1n) is 9.64. The van der Waals surface area contributed by atoms with Gasteiger partial charge in [0.1, 0.15) is 5.82 Å². The molecule has 0 unspecified atom stereocenters. The average molecular weight is 450 g/mol. The van der Waals surface area contributed by atoms with Gasteiger partial charge in [-0.25, -0.2) is 4.68 Å². The lowest BCUT2D eigenvalue weighted by molar-refractivity contribution is 0.230. The normalized spacial score (nSPS) is 18.4. The molecule has 1 fully saturated rings. The topological polar surface area (TPSA) is 33.1 Å². The van der Waals surface area contributed by atoms with Gasteiger partial charge in [0.2, 0.25) is 0 Å². The van der Waals surface area contributed by atoms with Crippen LogP contribution in [0.15, 0.2) is 24.3 Å². The van der Waals surface area contributed by atoms with Gasteiger partial charge in [-0.05, 0) is 92.0 Å². The lowest BCUT2D eigenvalue weighted by atomic mass is 10.1. The Labute approximate surface area is 164 Å². The maximum atomic E-state index is 5.04. The molecule has 1 saturated heterocycles. The first kappa shape index (κ1) is 17.3. The Balaban J connectivity index is 1.60. The summed E-state index contributed by atoms with van der Waals surface area (Å²) in [4.78, 5) is 2.62.